The van der Waals surface area contributed by atoms with Gasteiger partial charge in [0.05, 0.1) is 13.2 Å². The highest BCUT2D eigenvalue weighted by Crippen LogP contribution is 2.36. The number of nitrogens with two attached hydrogens (primary N) is 1. The Morgan fingerprint density at radius 3 is 2.37 bits per heavy atom. The third kappa shape index (κ3) is 4.30. The number of aromatic nitrogens is 1. The lowest BCUT2D eigenvalue weighted by atomic mass is 10.0. The minimum absolute atomic E-state index is 0.00937. The average molecular weight is 382 g/mol. The number of primary amides is 1. The molecule has 0 atom stereocenters. The number of amides is 1. The van der Waals surface area contributed by atoms with E-state index in [0.717, 1.165) is 18.9 Å². The van der Waals surface area contributed by atoms with Gasteiger partial charge in [0.15, 0.2) is 0 Å². The van der Waals surface area contributed by atoms with E-state index in [0.29, 0.717) is 19.0 Å². The molecule has 1 aliphatic heterocycles. The van der Waals surface area contributed by atoms with Crippen molar-refractivity contribution in [3.05, 3.63) is 51.9 Å². The maximum atomic E-state index is 13.3. The van der Waals surface area contributed by atoms with Crippen molar-refractivity contribution < 1.29 is 27.4 Å². The molecular weight excluding hydrogens is 365 g/mol. The number of carbonyl (C=O) groups excluding carboxylic acids is 1. The number of alkyl halides is 3. The summed E-state index contributed by atoms with van der Waals surface area (Å²) in [4.78, 5) is 24.8. The topological polar surface area (TPSA) is 94.4 Å². The Morgan fingerprint density at radius 2 is 1.81 bits per heavy atom. The normalized spacial score (nSPS) is 15.5. The molecule has 1 amide bonds. The number of hydrogen-bond acceptors (Lipinski definition) is 4. The molecule has 1 aliphatic rings. The zero-order valence-corrected chi connectivity index (χ0v) is 14.1. The summed E-state index contributed by atoms with van der Waals surface area (Å²) < 4.78 is 51.0. The largest absolute Gasteiger partial charge is 0.490 e. The Hall–Kier alpha value is -2.81. The summed E-state index contributed by atoms with van der Waals surface area (Å²) in [6.45, 7) is 1.20. The van der Waals surface area contributed by atoms with E-state index in [4.69, 9.17) is 15.2 Å². The molecule has 2 aromatic rings. The van der Waals surface area contributed by atoms with Crippen molar-refractivity contribution in [2.24, 2.45) is 5.73 Å². The second-order valence-corrected chi connectivity index (χ2v) is 6.12. The zero-order valence-electron chi connectivity index (χ0n) is 14.1. The summed E-state index contributed by atoms with van der Waals surface area (Å²) in [6, 6.07) is 6.81. The molecule has 0 spiro atoms. The molecule has 27 heavy (non-hydrogen) atoms. The molecule has 2 heterocycles. The molecular formula is C18H17F3N2O4. The molecule has 144 valence electrons. The van der Waals surface area contributed by atoms with E-state index in [1.165, 1.54) is 12.1 Å². The monoisotopic (exact) mass is 382 g/mol. The van der Waals surface area contributed by atoms with Crippen LogP contribution in [0.2, 0.25) is 0 Å². The minimum atomic E-state index is -4.80. The van der Waals surface area contributed by atoms with Gasteiger partial charge in [0.2, 0.25) is 0 Å². The number of hydrogen-bond donors (Lipinski definition) is 2. The molecule has 0 saturated carbocycles. The predicted molar refractivity (Wildman–Crippen MR) is 90.5 cm³/mol. The van der Waals surface area contributed by atoms with Gasteiger partial charge in [-0.2, -0.15) is 13.2 Å². The maximum absolute atomic E-state index is 13.3. The Kier molecular flexibility index (Phi) is 5.22. The number of H-pyrrole nitrogens is 1. The van der Waals surface area contributed by atoms with Gasteiger partial charge < -0.3 is 20.2 Å². The lowest BCUT2D eigenvalue weighted by Crippen LogP contribution is -2.27. The van der Waals surface area contributed by atoms with Crippen molar-refractivity contribution in [3.8, 4) is 16.9 Å². The summed E-state index contributed by atoms with van der Waals surface area (Å²) >= 11 is 0. The molecule has 9 heteroatoms. The van der Waals surface area contributed by atoms with E-state index in [-0.39, 0.29) is 17.2 Å². The summed E-state index contributed by atoms with van der Waals surface area (Å²) in [6.07, 6.45) is -3.34. The molecule has 1 saturated heterocycles. The fourth-order valence-electron chi connectivity index (χ4n) is 2.86. The lowest BCUT2D eigenvalue weighted by molar-refractivity contribution is -0.140. The number of nitrogens with one attached hydrogen (secondary N) is 1. The van der Waals surface area contributed by atoms with Gasteiger partial charge in [-0.05, 0) is 23.8 Å². The van der Waals surface area contributed by atoms with Gasteiger partial charge in [-0.3, -0.25) is 9.59 Å². The first-order valence-electron chi connectivity index (χ1n) is 8.25. The predicted octanol–water partition coefficient (Wildman–Crippen LogP) is 2.72. The van der Waals surface area contributed by atoms with E-state index >= 15 is 0 Å². The highest BCUT2D eigenvalue weighted by Gasteiger charge is 2.36. The Bertz CT molecular complexity index is 885. The van der Waals surface area contributed by atoms with Crippen LogP contribution < -0.4 is 16.0 Å². The number of aromatic amines is 1. The summed E-state index contributed by atoms with van der Waals surface area (Å²) in [5.74, 6) is -0.593. The van der Waals surface area contributed by atoms with Crippen molar-refractivity contribution >= 4 is 5.91 Å². The number of rotatable bonds is 4. The number of benzene rings is 1. The highest BCUT2D eigenvalue weighted by molar-refractivity contribution is 5.93. The molecule has 0 bridgehead atoms. The Balaban J connectivity index is 1.95. The van der Waals surface area contributed by atoms with E-state index in [2.05, 4.69) is 0 Å². The fourth-order valence-corrected chi connectivity index (χ4v) is 2.86. The quantitative estimate of drug-likeness (QED) is 0.850. The van der Waals surface area contributed by atoms with E-state index in [9.17, 15) is 22.8 Å². The van der Waals surface area contributed by atoms with Crippen molar-refractivity contribution in [1.82, 2.24) is 4.98 Å². The molecule has 0 unspecified atom stereocenters. The van der Waals surface area contributed by atoms with Crippen LogP contribution in [0.4, 0.5) is 13.2 Å². The summed E-state index contributed by atoms with van der Waals surface area (Å²) in [5.41, 5.74) is 1.94. The molecule has 1 aromatic carbocycles. The number of carbonyl (C=O) groups is 1. The van der Waals surface area contributed by atoms with Crippen LogP contribution in [0.25, 0.3) is 11.1 Å². The number of pyridine rings is 1. The highest BCUT2D eigenvalue weighted by atomic mass is 19.4. The molecule has 1 fully saturated rings. The minimum Gasteiger partial charge on any atom is -0.490 e. The van der Waals surface area contributed by atoms with Crippen LogP contribution >= 0.6 is 0 Å². The molecule has 6 nitrogen and oxygen atoms in total. The van der Waals surface area contributed by atoms with Crippen LogP contribution in [0.5, 0.6) is 5.75 Å². The third-order valence-electron chi connectivity index (χ3n) is 4.23. The number of halogens is 3. The standard InChI is InChI=1S/C18H17F3N2O4/c19-18(20,21)15-13(9-14(16(22)24)17(25)23-15)10-1-3-11(4-2-10)27-12-5-7-26-8-6-12/h1-4,9,12H,5-8H2,(H2,22,24)(H,23,25). The molecule has 3 rings (SSSR count). The first-order chi connectivity index (χ1) is 12.8. The molecule has 3 N–H and O–H groups in total. The van der Waals surface area contributed by atoms with Crippen molar-refractivity contribution in [1.29, 1.82) is 0 Å². The second-order valence-electron chi connectivity index (χ2n) is 6.12. The van der Waals surface area contributed by atoms with Crippen LogP contribution in [-0.2, 0) is 10.9 Å². The van der Waals surface area contributed by atoms with Crippen LogP contribution in [0.1, 0.15) is 28.9 Å². The van der Waals surface area contributed by atoms with E-state index < -0.39 is 28.9 Å². The first-order valence-corrected chi connectivity index (χ1v) is 8.25. The van der Waals surface area contributed by atoms with E-state index in [1.807, 2.05) is 0 Å². The summed E-state index contributed by atoms with van der Waals surface area (Å²) in [7, 11) is 0. The average Bonchev–Trinajstić information content (AvgIpc) is 2.62. The van der Waals surface area contributed by atoms with Crippen molar-refractivity contribution in [2.45, 2.75) is 25.1 Å². The summed E-state index contributed by atoms with van der Waals surface area (Å²) in [5, 5.41) is 0. The number of ether oxygens (including phenoxy) is 2. The van der Waals surface area contributed by atoms with Crippen molar-refractivity contribution in [2.75, 3.05) is 13.2 Å². The SMILES string of the molecule is NC(=O)c1cc(-c2ccc(OC3CCOCC3)cc2)c(C(F)(F)F)[nH]c1=O. The van der Waals surface area contributed by atoms with Gasteiger partial charge in [0.25, 0.3) is 11.5 Å². The first kappa shape index (κ1) is 19.0. The lowest BCUT2D eigenvalue weighted by Gasteiger charge is -2.23. The maximum Gasteiger partial charge on any atom is 0.431 e. The third-order valence-corrected chi connectivity index (χ3v) is 4.23. The van der Waals surface area contributed by atoms with Crippen LogP contribution in [0.3, 0.4) is 0 Å². The van der Waals surface area contributed by atoms with Gasteiger partial charge in [0.1, 0.15) is 23.1 Å². The van der Waals surface area contributed by atoms with Gasteiger partial charge in [-0.1, -0.05) is 12.1 Å². The molecule has 0 aliphatic carbocycles. The smallest absolute Gasteiger partial charge is 0.431 e. The van der Waals surface area contributed by atoms with Gasteiger partial charge in [-0.25, -0.2) is 0 Å². The van der Waals surface area contributed by atoms with Gasteiger partial charge in [-0.15, -0.1) is 0 Å². The van der Waals surface area contributed by atoms with Crippen LogP contribution in [0, 0.1) is 0 Å². The van der Waals surface area contributed by atoms with Crippen molar-refractivity contribution in [3.63, 3.8) is 0 Å². The zero-order chi connectivity index (χ0) is 19.6. The Labute approximate surface area is 152 Å². The van der Waals surface area contributed by atoms with Crippen LogP contribution in [-0.4, -0.2) is 30.2 Å². The molecule has 1 aromatic heterocycles. The van der Waals surface area contributed by atoms with Gasteiger partial charge >= 0.3 is 6.18 Å². The molecule has 0 radical (unpaired) electrons. The van der Waals surface area contributed by atoms with Crippen LogP contribution in [0.15, 0.2) is 35.1 Å². The van der Waals surface area contributed by atoms with Gasteiger partial charge in [0, 0.05) is 18.4 Å². The second kappa shape index (κ2) is 7.43. The van der Waals surface area contributed by atoms with E-state index in [1.54, 1.807) is 17.1 Å². The fraction of sp³-hybridized carbons (Fsp3) is 0.333. The Morgan fingerprint density at radius 1 is 1.19 bits per heavy atom.